The molecule has 0 saturated carbocycles. The van der Waals surface area contributed by atoms with Crippen molar-refractivity contribution in [2.45, 2.75) is 11.5 Å². The Balaban J connectivity index is 1.68. The van der Waals surface area contributed by atoms with E-state index in [1.54, 1.807) is 30.3 Å². The average molecular weight is 403 g/mol. The predicted molar refractivity (Wildman–Crippen MR) is 99.2 cm³/mol. The standard InChI is InChI=1S/C20H15F2NO4S/c21-18-8-4-5-15(19(18)22)13-27-20(24)14-9-11-17(12-10-14)28(25,26)23-16-6-2-1-3-7-16/h1-12,23H,13H2. The van der Waals surface area contributed by atoms with Crippen molar-refractivity contribution >= 4 is 21.7 Å². The van der Waals surface area contributed by atoms with Gasteiger partial charge in [0.1, 0.15) is 6.61 Å². The second kappa shape index (κ2) is 8.18. The Morgan fingerprint density at radius 3 is 2.25 bits per heavy atom. The van der Waals surface area contributed by atoms with Gasteiger partial charge in [0.25, 0.3) is 10.0 Å². The molecule has 3 rings (SSSR count). The number of rotatable bonds is 6. The number of anilines is 1. The molecule has 0 radical (unpaired) electrons. The van der Waals surface area contributed by atoms with Crippen LogP contribution in [0.3, 0.4) is 0 Å². The summed E-state index contributed by atoms with van der Waals surface area (Å²) in [5.41, 5.74) is 0.387. The van der Waals surface area contributed by atoms with Gasteiger partial charge in [-0.25, -0.2) is 22.0 Å². The summed E-state index contributed by atoms with van der Waals surface area (Å²) < 4.78 is 58.8. The van der Waals surface area contributed by atoms with E-state index in [1.807, 2.05) is 0 Å². The van der Waals surface area contributed by atoms with Crippen LogP contribution in [0.25, 0.3) is 0 Å². The van der Waals surface area contributed by atoms with E-state index in [9.17, 15) is 22.0 Å². The fourth-order valence-electron chi connectivity index (χ4n) is 2.38. The molecule has 0 aliphatic carbocycles. The normalized spacial score (nSPS) is 11.1. The molecule has 0 aliphatic heterocycles. The third-order valence-corrected chi connectivity index (χ3v) is 5.21. The minimum Gasteiger partial charge on any atom is -0.457 e. The van der Waals surface area contributed by atoms with E-state index in [0.29, 0.717) is 5.69 Å². The van der Waals surface area contributed by atoms with E-state index in [0.717, 1.165) is 6.07 Å². The van der Waals surface area contributed by atoms with Crippen molar-refractivity contribution in [1.82, 2.24) is 0 Å². The van der Waals surface area contributed by atoms with Gasteiger partial charge < -0.3 is 4.74 Å². The molecule has 0 unspecified atom stereocenters. The topological polar surface area (TPSA) is 72.5 Å². The maximum Gasteiger partial charge on any atom is 0.338 e. The van der Waals surface area contributed by atoms with Crippen LogP contribution in [0.5, 0.6) is 0 Å². The SMILES string of the molecule is O=C(OCc1cccc(F)c1F)c1ccc(S(=O)(=O)Nc2ccccc2)cc1. The number of nitrogens with one attached hydrogen (secondary N) is 1. The number of sulfonamides is 1. The molecule has 0 aromatic heterocycles. The smallest absolute Gasteiger partial charge is 0.338 e. The van der Waals surface area contributed by atoms with Gasteiger partial charge in [-0.05, 0) is 42.5 Å². The summed E-state index contributed by atoms with van der Waals surface area (Å²) in [7, 11) is -3.81. The first kappa shape index (κ1) is 19.5. The van der Waals surface area contributed by atoms with Crippen molar-refractivity contribution in [3.8, 4) is 0 Å². The molecule has 0 fully saturated rings. The van der Waals surface area contributed by atoms with Gasteiger partial charge in [-0.2, -0.15) is 0 Å². The van der Waals surface area contributed by atoms with E-state index in [1.165, 1.54) is 36.4 Å². The first-order valence-corrected chi connectivity index (χ1v) is 9.63. The molecule has 0 atom stereocenters. The van der Waals surface area contributed by atoms with Crippen molar-refractivity contribution < 1.29 is 26.7 Å². The molecule has 0 saturated heterocycles. The Kier molecular flexibility index (Phi) is 5.70. The van der Waals surface area contributed by atoms with Crippen molar-refractivity contribution in [1.29, 1.82) is 0 Å². The number of esters is 1. The number of hydrogen-bond donors (Lipinski definition) is 1. The second-order valence-electron chi connectivity index (χ2n) is 5.78. The maximum absolute atomic E-state index is 13.6. The lowest BCUT2D eigenvalue weighted by Crippen LogP contribution is -2.13. The summed E-state index contributed by atoms with van der Waals surface area (Å²) >= 11 is 0. The summed E-state index contributed by atoms with van der Waals surface area (Å²) in [5.74, 6) is -2.90. The number of para-hydroxylation sites is 1. The number of carbonyl (C=O) groups is 1. The highest BCUT2D eigenvalue weighted by atomic mass is 32.2. The van der Waals surface area contributed by atoms with E-state index in [2.05, 4.69) is 4.72 Å². The van der Waals surface area contributed by atoms with Gasteiger partial charge >= 0.3 is 5.97 Å². The lowest BCUT2D eigenvalue weighted by atomic mass is 10.2. The molecule has 144 valence electrons. The Hall–Kier alpha value is -3.26. The molecule has 28 heavy (non-hydrogen) atoms. The first-order chi connectivity index (χ1) is 13.4. The van der Waals surface area contributed by atoms with Crippen LogP contribution in [-0.2, 0) is 21.4 Å². The lowest BCUT2D eigenvalue weighted by molar-refractivity contribution is 0.0468. The first-order valence-electron chi connectivity index (χ1n) is 8.15. The van der Waals surface area contributed by atoms with Crippen molar-refractivity contribution in [3.05, 3.63) is 95.6 Å². The number of halogens is 2. The molecular weight excluding hydrogens is 388 g/mol. The van der Waals surface area contributed by atoms with Crippen LogP contribution in [0, 0.1) is 11.6 Å². The van der Waals surface area contributed by atoms with Gasteiger partial charge in [-0.3, -0.25) is 4.72 Å². The molecular formula is C20H15F2NO4S. The van der Waals surface area contributed by atoms with E-state index < -0.39 is 34.2 Å². The number of hydrogen-bond acceptors (Lipinski definition) is 4. The van der Waals surface area contributed by atoms with Gasteiger partial charge in [0, 0.05) is 11.3 Å². The predicted octanol–water partition coefficient (Wildman–Crippen LogP) is 4.12. The zero-order valence-electron chi connectivity index (χ0n) is 14.4. The maximum atomic E-state index is 13.6. The highest BCUT2D eigenvalue weighted by Crippen LogP contribution is 2.18. The highest BCUT2D eigenvalue weighted by Gasteiger charge is 2.16. The lowest BCUT2D eigenvalue weighted by Gasteiger charge is -2.09. The highest BCUT2D eigenvalue weighted by molar-refractivity contribution is 7.92. The molecule has 1 N–H and O–H groups in total. The van der Waals surface area contributed by atoms with Crippen LogP contribution in [0.1, 0.15) is 15.9 Å². The molecule has 0 spiro atoms. The minimum atomic E-state index is -3.81. The van der Waals surface area contributed by atoms with Crippen LogP contribution in [0.4, 0.5) is 14.5 Å². The van der Waals surface area contributed by atoms with Gasteiger partial charge in [0.2, 0.25) is 0 Å². The zero-order valence-corrected chi connectivity index (χ0v) is 15.2. The Morgan fingerprint density at radius 2 is 1.57 bits per heavy atom. The Labute approximate surface area is 160 Å². The monoisotopic (exact) mass is 403 g/mol. The van der Waals surface area contributed by atoms with Crippen molar-refractivity contribution in [2.75, 3.05) is 4.72 Å². The number of carbonyl (C=O) groups excluding carboxylic acids is 1. The molecule has 0 aliphatic rings. The van der Waals surface area contributed by atoms with Gasteiger partial charge in [0.05, 0.1) is 10.5 Å². The fraction of sp³-hybridized carbons (Fsp3) is 0.0500. The van der Waals surface area contributed by atoms with Crippen LogP contribution in [-0.4, -0.2) is 14.4 Å². The summed E-state index contributed by atoms with van der Waals surface area (Å²) in [6, 6.07) is 17.0. The summed E-state index contributed by atoms with van der Waals surface area (Å²) in [5, 5.41) is 0. The third kappa shape index (κ3) is 4.52. The Morgan fingerprint density at radius 1 is 0.893 bits per heavy atom. The molecule has 8 heteroatoms. The van der Waals surface area contributed by atoms with Crippen molar-refractivity contribution in [3.63, 3.8) is 0 Å². The quantitative estimate of drug-likeness (QED) is 0.629. The second-order valence-corrected chi connectivity index (χ2v) is 7.47. The molecule has 3 aromatic carbocycles. The van der Waals surface area contributed by atoms with Gasteiger partial charge in [-0.1, -0.05) is 30.3 Å². The van der Waals surface area contributed by atoms with Crippen molar-refractivity contribution in [2.24, 2.45) is 0 Å². The minimum absolute atomic E-state index is 0.0379. The zero-order chi connectivity index (χ0) is 20.1. The van der Waals surface area contributed by atoms with Gasteiger partial charge in [-0.15, -0.1) is 0 Å². The molecule has 3 aromatic rings. The number of ether oxygens (including phenoxy) is 1. The fourth-order valence-corrected chi connectivity index (χ4v) is 3.44. The van der Waals surface area contributed by atoms with Crippen LogP contribution < -0.4 is 4.72 Å². The molecule has 0 heterocycles. The molecule has 5 nitrogen and oxygen atoms in total. The van der Waals surface area contributed by atoms with E-state index in [-0.39, 0.29) is 16.0 Å². The van der Waals surface area contributed by atoms with Crippen LogP contribution in [0.2, 0.25) is 0 Å². The third-order valence-electron chi connectivity index (χ3n) is 3.82. The van der Waals surface area contributed by atoms with Crippen LogP contribution >= 0.6 is 0 Å². The summed E-state index contributed by atoms with van der Waals surface area (Å²) in [6.45, 7) is -0.446. The summed E-state index contributed by atoms with van der Waals surface area (Å²) in [6.07, 6.45) is 0. The largest absolute Gasteiger partial charge is 0.457 e. The van der Waals surface area contributed by atoms with E-state index >= 15 is 0 Å². The molecule has 0 bridgehead atoms. The Bertz CT molecular complexity index is 1080. The summed E-state index contributed by atoms with van der Waals surface area (Å²) in [4.78, 5) is 12.0. The average Bonchev–Trinajstić information content (AvgIpc) is 2.69. The van der Waals surface area contributed by atoms with Gasteiger partial charge in [0.15, 0.2) is 11.6 Å². The number of benzene rings is 3. The van der Waals surface area contributed by atoms with Crippen LogP contribution in [0.15, 0.2) is 77.7 Å². The molecule has 0 amide bonds. The van der Waals surface area contributed by atoms with E-state index in [4.69, 9.17) is 4.74 Å².